The Bertz CT molecular complexity index is 557. The quantitative estimate of drug-likeness (QED) is 0.165. The molecule has 10 nitrogen and oxygen atoms in total. The van der Waals surface area contributed by atoms with Gasteiger partial charge >= 0.3 is 11.9 Å². The maximum Gasteiger partial charge on any atom is 0.326 e. The first-order valence-electron chi connectivity index (χ1n) is 12.0. The van der Waals surface area contributed by atoms with Crippen molar-refractivity contribution in [3.63, 3.8) is 0 Å². The number of hydrogen-bond donors (Lipinski definition) is 4. The summed E-state index contributed by atoms with van der Waals surface area (Å²) in [5.74, 6) is -2.51. The van der Waals surface area contributed by atoms with Crippen LogP contribution in [0.15, 0.2) is 0 Å². The van der Waals surface area contributed by atoms with Crippen LogP contribution in [0.25, 0.3) is 0 Å². The number of carboxylic acids is 2. The zero-order valence-corrected chi connectivity index (χ0v) is 19.9. The Morgan fingerprint density at radius 1 is 0.727 bits per heavy atom. The number of carbonyl (C=O) groups is 4. The molecule has 0 aliphatic heterocycles. The van der Waals surface area contributed by atoms with Crippen LogP contribution in [0.5, 0.6) is 0 Å². The van der Waals surface area contributed by atoms with Gasteiger partial charge in [-0.15, -0.1) is 0 Å². The third-order valence-corrected chi connectivity index (χ3v) is 4.98. The molecule has 0 aliphatic carbocycles. The predicted octanol–water partition coefficient (Wildman–Crippen LogP) is 2.49. The minimum atomic E-state index is -1.15. The summed E-state index contributed by atoms with van der Waals surface area (Å²) in [6.07, 6.45) is 7.81. The predicted molar refractivity (Wildman–Crippen MR) is 123 cm³/mol. The number of ether oxygens (including phenoxy) is 2. The lowest BCUT2D eigenvalue weighted by Crippen LogP contribution is -2.41. The second-order valence-corrected chi connectivity index (χ2v) is 7.88. The van der Waals surface area contributed by atoms with E-state index in [0.717, 1.165) is 38.5 Å². The van der Waals surface area contributed by atoms with Gasteiger partial charge in [0.05, 0.1) is 19.8 Å². The summed E-state index contributed by atoms with van der Waals surface area (Å²) in [5.41, 5.74) is 0. The molecular formula is C23H42N2O8. The molecular weight excluding hydrogens is 432 g/mol. The molecule has 33 heavy (non-hydrogen) atoms. The Kier molecular flexibility index (Phi) is 20.2. The molecule has 1 atom stereocenters. The highest BCUT2D eigenvalue weighted by atomic mass is 16.5. The van der Waals surface area contributed by atoms with E-state index < -0.39 is 18.0 Å². The van der Waals surface area contributed by atoms with Gasteiger partial charge in [-0.3, -0.25) is 14.4 Å². The van der Waals surface area contributed by atoms with Gasteiger partial charge in [-0.2, -0.15) is 0 Å². The summed E-state index contributed by atoms with van der Waals surface area (Å²) in [6.45, 7) is 4.15. The molecule has 0 aromatic carbocycles. The van der Waals surface area contributed by atoms with E-state index in [0.29, 0.717) is 45.8 Å². The number of rotatable bonds is 23. The summed E-state index contributed by atoms with van der Waals surface area (Å²) in [7, 11) is 0. The van der Waals surface area contributed by atoms with Crippen LogP contribution in [0, 0.1) is 0 Å². The number of carboxylic acid groups (broad SMARTS) is 2. The SMILES string of the molecule is CCOCCOCCNC(=O)CCC(NC(=O)CCCCCCCCCCC(=O)O)C(=O)O. The van der Waals surface area contributed by atoms with Gasteiger partial charge in [0, 0.05) is 32.4 Å². The Morgan fingerprint density at radius 3 is 1.88 bits per heavy atom. The highest BCUT2D eigenvalue weighted by molar-refractivity contribution is 5.84. The van der Waals surface area contributed by atoms with E-state index >= 15 is 0 Å². The average Bonchev–Trinajstić information content (AvgIpc) is 2.76. The van der Waals surface area contributed by atoms with Gasteiger partial charge in [-0.1, -0.05) is 38.5 Å². The maximum atomic E-state index is 12.0. The highest BCUT2D eigenvalue weighted by Crippen LogP contribution is 2.11. The summed E-state index contributed by atoms with van der Waals surface area (Å²) >= 11 is 0. The fourth-order valence-electron chi connectivity index (χ4n) is 3.14. The van der Waals surface area contributed by atoms with Gasteiger partial charge in [0.25, 0.3) is 0 Å². The summed E-state index contributed by atoms with van der Waals surface area (Å²) in [6, 6.07) is -1.09. The van der Waals surface area contributed by atoms with Crippen LogP contribution >= 0.6 is 0 Å². The normalized spacial score (nSPS) is 11.7. The van der Waals surface area contributed by atoms with Gasteiger partial charge in [0.1, 0.15) is 6.04 Å². The molecule has 2 amide bonds. The van der Waals surface area contributed by atoms with Crippen molar-refractivity contribution in [3.8, 4) is 0 Å². The van der Waals surface area contributed by atoms with Crippen LogP contribution in [0.4, 0.5) is 0 Å². The number of carbonyl (C=O) groups excluding carboxylic acids is 2. The molecule has 0 rings (SSSR count). The van der Waals surface area contributed by atoms with Crippen molar-refractivity contribution in [1.29, 1.82) is 0 Å². The number of aliphatic carboxylic acids is 2. The fraction of sp³-hybridized carbons (Fsp3) is 0.826. The molecule has 0 saturated carbocycles. The van der Waals surface area contributed by atoms with Crippen molar-refractivity contribution in [2.75, 3.05) is 33.0 Å². The summed E-state index contributed by atoms with van der Waals surface area (Å²) in [5, 5.41) is 23.0. The van der Waals surface area contributed by atoms with Gasteiger partial charge in [0.2, 0.25) is 11.8 Å². The molecule has 192 valence electrons. The second kappa shape index (κ2) is 21.6. The Labute approximate surface area is 196 Å². The van der Waals surface area contributed by atoms with E-state index in [1.807, 2.05) is 6.92 Å². The van der Waals surface area contributed by atoms with Gasteiger partial charge in [0.15, 0.2) is 0 Å². The Morgan fingerprint density at radius 2 is 1.30 bits per heavy atom. The first-order valence-corrected chi connectivity index (χ1v) is 12.0. The minimum Gasteiger partial charge on any atom is -0.481 e. The first kappa shape index (κ1) is 30.8. The van der Waals surface area contributed by atoms with Crippen molar-refractivity contribution in [1.82, 2.24) is 10.6 Å². The van der Waals surface area contributed by atoms with Crippen LogP contribution in [0.1, 0.15) is 84.0 Å². The standard InChI is InChI=1S/C23H42N2O8/c1-2-32-17-18-33-16-15-24-20(26)14-13-19(23(30)31)25-21(27)11-9-7-5-3-4-6-8-10-12-22(28)29/h19H,2-18H2,1H3,(H,24,26)(H,25,27)(H,28,29)(H,30,31). The van der Waals surface area contributed by atoms with Crippen molar-refractivity contribution in [2.24, 2.45) is 0 Å². The van der Waals surface area contributed by atoms with Crippen LogP contribution < -0.4 is 10.6 Å². The van der Waals surface area contributed by atoms with E-state index in [2.05, 4.69) is 10.6 Å². The third-order valence-electron chi connectivity index (χ3n) is 4.98. The average molecular weight is 475 g/mol. The molecule has 4 N–H and O–H groups in total. The molecule has 0 bridgehead atoms. The molecule has 0 saturated heterocycles. The smallest absolute Gasteiger partial charge is 0.326 e. The van der Waals surface area contributed by atoms with Crippen molar-refractivity contribution in [2.45, 2.75) is 90.0 Å². The number of nitrogens with one attached hydrogen (secondary N) is 2. The van der Waals surface area contributed by atoms with Crippen LogP contribution in [-0.2, 0) is 28.7 Å². The fourth-order valence-corrected chi connectivity index (χ4v) is 3.14. The topological polar surface area (TPSA) is 151 Å². The van der Waals surface area contributed by atoms with E-state index in [1.165, 1.54) is 0 Å². The van der Waals surface area contributed by atoms with E-state index in [1.54, 1.807) is 0 Å². The number of hydrogen-bond acceptors (Lipinski definition) is 6. The lowest BCUT2D eigenvalue weighted by atomic mass is 10.1. The molecule has 10 heteroatoms. The Hall–Kier alpha value is -2.20. The van der Waals surface area contributed by atoms with Crippen molar-refractivity contribution in [3.05, 3.63) is 0 Å². The maximum absolute atomic E-state index is 12.0. The number of amides is 2. The van der Waals surface area contributed by atoms with Crippen LogP contribution in [-0.4, -0.2) is 73.0 Å². The van der Waals surface area contributed by atoms with Crippen LogP contribution in [0.2, 0.25) is 0 Å². The zero-order valence-electron chi connectivity index (χ0n) is 19.9. The minimum absolute atomic E-state index is 0.00264. The molecule has 0 radical (unpaired) electrons. The molecule has 0 aromatic heterocycles. The zero-order chi connectivity index (χ0) is 24.7. The highest BCUT2D eigenvalue weighted by Gasteiger charge is 2.20. The van der Waals surface area contributed by atoms with Crippen molar-refractivity contribution >= 4 is 23.8 Å². The van der Waals surface area contributed by atoms with Gasteiger partial charge in [-0.05, 0) is 26.2 Å². The summed E-state index contributed by atoms with van der Waals surface area (Å²) in [4.78, 5) is 45.7. The van der Waals surface area contributed by atoms with Crippen LogP contribution in [0.3, 0.4) is 0 Å². The Balaban J connectivity index is 3.79. The van der Waals surface area contributed by atoms with Gasteiger partial charge in [-0.25, -0.2) is 4.79 Å². The number of unbranched alkanes of at least 4 members (excludes halogenated alkanes) is 7. The second-order valence-electron chi connectivity index (χ2n) is 7.88. The van der Waals surface area contributed by atoms with E-state index in [4.69, 9.17) is 14.6 Å². The lowest BCUT2D eigenvalue weighted by molar-refractivity contribution is -0.142. The van der Waals surface area contributed by atoms with E-state index in [-0.39, 0.29) is 37.5 Å². The molecule has 0 fully saturated rings. The molecule has 0 heterocycles. The molecule has 0 aliphatic rings. The van der Waals surface area contributed by atoms with Crippen molar-refractivity contribution < 1.29 is 38.9 Å². The monoisotopic (exact) mass is 474 g/mol. The lowest BCUT2D eigenvalue weighted by Gasteiger charge is -2.14. The van der Waals surface area contributed by atoms with E-state index in [9.17, 15) is 24.3 Å². The summed E-state index contributed by atoms with van der Waals surface area (Å²) < 4.78 is 10.4. The largest absolute Gasteiger partial charge is 0.481 e. The third kappa shape index (κ3) is 21.4. The molecule has 0 spiro atoms. The van der Waals surface area contributed by atoms with Gasteiger partial charge < -0.3 is 30.3 Å². The molecule has 1 unspecified atom stereocenters. The molecule has 0 aromatic rings. The first-order chi connectivity index (χ1) is 15.9.